The van der Waals surface area contributed by atoms with E-state index in [-0.39, 0.29) is 12.1 Å². The van der Waals surface area contributed by atoms with E-state index in [9.17, 15) is 0 Å². The molecule has 2 aliphatic heterocycles. The highest BCUT2D eigenvalue weighted by Crippen LogP contribution is 2.38. The number of rotatable bonds is 6. The molecule has 2 aromatic carbocycles. The van der Waals surface area contributed by atoms with Gasteiger partial charge in [0.15, 0.2) is 5.11 Å². The Morgan fingerprint density at radius 1 is 1.18 bits per heavy atom. The minimum Gasteiger partial charge on any atom is -0.376 e. The molecule has 176 valence electrons. The van der Waals surface area contributed by atoms with Crippen LogP contribution in [-0.2, 0) is 4.74 Å². The van der Waals surface area contributed by atoms with Crippen LogP contribution in [0, 0.1) is 6.92 Å². The Balaban J connectivity index is 1.56. The topological polar surface area (TPSA) is 63.4 Å². The number of thiocarbonyl (C=S) groups is 1. The molecule has 34 heavy (non-hydrogen) atoms. The predicted molar refractivity (Wildman–Crippen MR) is 139 cm³/mol. The number of thioether (sulfide) groups is 1. The molecule has 0 spiro atoms. The first-order valence-electron chi connectivity index (χ1n) is 11.5. The van der Waals surface area contributed by atoms with Crippen molar-refractivity contribution in [2.45, 2.75) is 43.7 Å². The molecule has 8 heteroatoms. The molecule has 0 amide bonds. The van der Waals surface area contributed by atoms with Crippen LogP contribution in [0.1, 0.15) is 42.8 Å². The molecular weight excluding hydrogens is 464 g/mol. The summed E-state index contributed by atoms with van der Waals surface area (Å²) in [6.07, 6.45) is 4.37. The van der Waals surface area contributed by atoms with Crippen LogP contribution in [0.3, 0.4) is 0 Å². The molecule has 3 aromatic rings. The van der Waals surface area contributed by atoms with Gasteiger partial charge < -0.3 is 19.5 Å². The molecule has 2 atom stereocenters. The molecule has 1 fully saturated rings. The highest BCUT2D eigenvalue weighted by molar-refractivity contribution is 7.98. The zero-order valence-corrected chi connectivity index (χ0v) is 21.2. The van der Waals surface area contributed by atoms with Crippen molar-refractivity contribution in [3.63, 3.8) is 0 Å². The van der Waals surface area contributed by atoms with Gasteiger partial charge in [-0.3, -0.25) is 0 Å². The van der Waals surface area contributed by atoms with Gasteiger partial charge in [0.25, 0.3) is 5.89 Å². The van der Waals surface area contributed by atoms with Crippen LogP contribution < -0.4 is 5.32 Å². The molecule has 3 heterocycles. The zero-order valence-electron chi connectivity index (χ0n) is 19.6. The van der Waals surface area contributed by atoms with Crippen molar-refractivity contribution in [3.05, 3.63) is 71.2 Å². The van der Waals surface area contributed by atoms with E-state index in [0.29, 0.717) is 23.4 Å². The molecule has 0 saturated carbocycles. The molecule has 6 nitrogen and oxygen atoms in total. The monoisotopic (exact) mass is 492 g/mol. The number of nitrogens with one attached hydrogen (secondary N) is 1. The fourth-order valence-corrected chi connectivity index (χ4v) is 5.29. The van der Waals surface area contributed by atoms with Gasteiger partial charge >= 0.3 is 0 Å². The molecule has 5 rings (SSSR count). The van der Waals surface area contributed by atoms with E-state index in [0.717, 1.165) is 47.4 Å². The maximum absolute atomic E-state index is 5.90. The lowest BCUT2D eigenvalue weighted by molar-refractivity contribution is 0.0962. The summed E-state index contributed by atoms with van der Waals surface area (Å²) in [5.41, 5.74) is 5.14. The quantitative estimate of drug-likeness (QED) is 0.352. The lowest BCUT2D eigenvalue weighted by Crippen LogP contribution is -2.48. The van der Waals surface area contributed by atoms with Gasteiger partial charge in [0, 0.05) is 22.8 Å². The maximum Gasteiger partial charge on any atom is 0.258 e. The third-order valence-corrected chi connectivity index (χ3v) is 7.47. The average molecular weight is 493 g/mol. The number of hydrogen-bond acceptors (Lipinski definition) is 6. The second-order valence-corrected chi connectivity index (χ2v) is 9.96. The Morgan fingerprint density at radius 2 is 2.00 bits per heavy atom. The third-order valence-electron chi connectivity index (χ3n) is 6.39. The summed E-state index contributed by atoms with van der Waals surface area (Å²) >= 11 is 7.54. The number of benzene rings is 2. The van der Waals surface area contributed by atoms with E-state index in [1.165, 1.54) is 4.90 Å². The van der Waals surface area contributed by atoms with Crippen molar-refractivity contribution in [2.24, 2.45) is 0 Å². The van der Waals surface area contributed by atoms with Gasteiger partial charge in [0.2, 0.25) is 5.82 Å². The van der Waals surface area contributed by atoms with E-state index in [1.54, 1.807) is 11.8 Å². The number of ether oxygens (including phenoxy) is 1. The van der Waals surface area contributed by atoms with Crippen LogP contribution in [0.2, 0.25) is 0 Å². The van der Waals surface area contributed by atoms with Crippen LogP contribution in [-0.4, -0.2) is 45.7 Å². The molecule has 0 radical (unpaired) electrons. The molecule has 1 N–H and O–H groups in total. The zero-order chi connectivity index (χ0) is 23.7. The standard InChI is InChI=1S/C26H28N4O2S2/c1-16-6-4-7-19(14-16)24-28-25(32-29-24)22-17(2)30(15-20-8-5-13-31-20)26(33)27-23(22)18-9-11-21(34-3)12-10-18/h4,6-7,9-12,14,20,23H,5,8,13,15H2,1-3H3,(H,27,33). The molecule has 1 aromatic heterocycles. The number of allylic oxidation sites excluding steroid dienone is 1. The Labute approximate surface area is 209 Å². The highest BCUT2D eigenvalue weighted by Gasteiger charge is 2.35. The summed E-state index contributed by atoms with van der Waals surface area (Å²) < 4.78 is 11.8. The first-order chi connectivity index (χ1) is 16.5. The van der Waals surface area contributed by atoms with Crippen LogP contribution in [0.5, 0.6) is 0 Å². The van der Waals surface area contributed by atoms with Crippen molar-refractivity contribution in [1.82, 2.24) is 20.4 Å². The summed E-state index contributed by atoms with van der Waals surface area (Å²) in [5, 5.41) is 8.54. The molecule has 0 bridgehead atoms. The molecule has 1 saturated heterocycles. The van der Waals surface area contributed by atoms with Crippen LogP contribution in [0.15, 0.2) is 63.6 Å². The van der Waals surface area contributed by atoms with Gasteiger partial charge in [0.05, 0.1) is 24.3 Å². The first kappa shape index (κ1) is 23.1. The third kappa shape index (κ3) is 4.62. The first-order valence-corrected chi connectivity index (χ1v) is 13.1. The van der Waals surface area contributed by atoms with Gasteiger partial charge in [-0.25, -0.2) is 0 Å². The van der Waals surface area contributed by atoms with E-state index in [4.69, 9.17) is 26.5 Å². The van der Waals surface area contributed by atoms with Crippen molar-refractivity contribution in [3.8, 4) is 11.4 Å². The maximum atomic E-state index is 5.90. The van der Waals surface area contributed by atoms with Gasteiger partial charge in [-0.2, -0.15) is 4.98 Å². The van der Waals surface area contributed by atoms with Crippen molar-refractivity contribution < 1.29 is 9.26 Å². The Kier molecular flexibility index (Phi) is 6.72. The van der Waals surface area contributed by atoms with Crippen LogP contribution in [0.4, 0.5) is 0 Å². The number of hydrogen-bond donors (Lipinski definition) is 1. The summed E-state index contributed by atoms with van der Waals surface area (Å²) in [6.45, 7) is 5.65. The fraction of sp³-hybridized carbons (Fsp3) is 0.346. The van der Waals surface area contributed by atoms with Crippen molar-refractivity contribution >= 4 is 34.7 Å². The minimum atomic E-state index is -0.185. The Bertz CT molecular complexity index is 1220. The normalized spacial score (nSPS) is 20.7. The van der Waals surface area contributed by atoms with Crippen LogP contribution in [0.25, 0.3) is 17.0 Å². The lowest BCUT2D eigenvalue weighted by atomic mass is 9.94. The van der Waals surface area contributed by atoms with E-state index >= 15 is 0 Å². The van der Waals surface area contributed by atoms with E-state index in [1.807, 2.05) is 12.1 Å². The van der Waals surface area contributed by atoms with Gasteiger partial charge in [-0.1, -0.05) is 41.1 Å². The second kappa shape index (κ2) is 9.90. The second-order valence-electron chi connectivity index (χ2n) is 8.69. The average Bonchev–Trinajstić information content (AvgIpc) is 3.54. The predicted octanol–water partition coefficient (Wildman–Crippen LogP) is 5.61. The number of aryl methyl sites for hydroxylation is 1. The SMILES string of the molecule is CSc1ccc(C2NC(=S)N(CC3CCCO3)C(C)=C2c2nc(-c3cccc(C)c3)no2)cc1. The summed E-state index contributed by atoms with van der Waals surface area (Å²) in [4.78, 5) is 8.14. The van der Waals surface area contributed by atoms with Crippen LogP contribution >= 0.6 is 24.0 Å². The summed E-state index contributed by atoms with van der Waals surface area (Å²) in [7, 11) is 0. The molecule has 2 aliphatic rings. The van der Waals surface area contributed by atoms with Gasteiger partial charge in [-0.05, 0) is 68.9 Å². The lowest BCUT2D eigenvalue weighted by Gasteiger charge is -2.38. The minimum absolute atomic E-state index is 0.166. The molecule has 0 aliphatic carbocycles. The van der Waals surface area contributed by atoms with Gasteiger partial charge in [0.1, 0.15) is 0 Å². The fourth-order valence-electron chi connectivity index (χ4n) is 4.55. The van der Waals surface area contributed by atoms with Crippen molar-refractivity contribution in [2.75, 3.05) is 19.4 Å². The highest BCUT2D eigenvalue weighted by atomic mass is 32.2. The number of nitrogens with zero attached hydrogens (tertiary/aromatic N) is 3. The molecular formula is C26H28N4O2S2. The smallest absolute Gasteiger partial charge is 0.258 e. The Hall–Kier alpha value is -2.68. The number of aromatic nitrogens is 2. The summed E-state index contributed by atoms with van der Waals surface area (Å²) in [6, 6.07) is 16.5. The largest absolute Gasteiger partial charge is 0.376 e. The Morgan fingerprint density at radius 3 is 2.71 bits per heavy atom. The van der Waals surface area contributed by atoms with Gasteiger partial charge in [-0.15, -0.1) is 11.8 Å². The van der Waals surface area contributed by atoms with E-state index < -0.39 is 0 Å². The summed E-state index contributed by atoms with van der Waals surface area (Å²) in [5.74, 6) is 1.08. The molecule has 2 unspecified atom stereocenters. The van der Waals surface area contributed by atoms with Crippen molar-refractivity contribution in [1.29, 1.82) is 0 Å². The van der Waals surface area contributed by atoms with E-state index in [2.05, 4.69) is 71.9 Å².